The van der Waals surface area contributed by atoms with Crippen LogP contribution in [0, 0.1) is 17.8 Å². The lowest BCUT2D eigenvalue weighted by atomic mass is 9.84. The van der Waals surface area contributed by atoms with Gasteiger partial charge in [0.1, 0.15) is 0 Å². The maximum atomic E-state index is 12.8. The highest BCUT2D eigenvalue weighted by Gasteiger charge is 2.42. The number of aromatic nitrogens is 2. The van der Waals surface area contributed by atoms with E-state index in [9.17, 15) is 9.59 Å². The molecule has 5 nitrogen and oxygen atoms in total. The molecule has 4 rings (SSSR count). The first-order valence-corrected chi connectivity index (χ1v) is 8.81. The van der Waals surface area contributed by atoms with Gasteiger partial charge in [-0.05, 0) is 50.0 Å². The van der Waals surface area contributed by atoms with Crippen LogP contribution in [-0.2, 0) is 7.05 Å². The van der Waals surface area contributed by atoms with Crippen LogP contribution in [0.5, 0.6) is 0 Å². The van der Waals surface area contributed by atoms with E-state index in [1.807, 2.05) is 12.1 Å². The van der Waals surface area contributed by atoms with E-state index in [-0.39, 0.29) is 17.5 Å². The van der Waals surface area contributed by atoms with E-state index < -0.39 is 0 Å². The first kappa shape index (κ1) is 15.4. The van der Waals surface area contributed by atoms with Crippen LogP contribution in [0.15, 0.2) is 29.1 Å². The molecule has 2 aromatic rings. The van der Waals surface area contributed by atoms with Crippen molar-refractivity contribution in [2.75, 3.05) is 0 Å². The summed E-state index contributed by atoms with van der Waals surface area (Å²) < 4.78 is 1.25. The lowest BCUT2D eigenvalue weighted by Gasteiger charge is -2.28. The average Bonchev–Trinajstić information content (AvgIpc) is 3.21. The predicted molar refractivity (Wildman–Crippen MR) is 92.9 cm³/mol. The largest absolute Gasteiger partial charge is 0.348 e. The Labute approximate surface area is 141 Å². The average molecular weight is 325 g/mol. The second-order valence-electron chi connectivity index (χ2n) is 7.42. The first-order valence-electron chi connectivity index (χ1n) is 8.81. The standard InChI is InChI=1S/C19H23N3O2/c1-11(16-10-12-7-8-13(16)9-12)20-18(23)17-14-5-3-4-6-15(14)19(24)22(2)21-17/h3-6,11-13,16H,7-10H2,1-2H3,(H,20,23)/t11-,12+,13+,16-/m1/s1. The van der Waals surface area contributed by atoms with Gasteiger partial charge in [0.2, 0.25) is 0 Å². The van der Waals surface area contributed by atoms with Crippen molar-refractivity contribution < 1.29 is 4.79 Å². The SMILES string of the molecule is C[C@@H](NC(=O)c1nn(C)c(=O)c2ccccc12)[C@H]1C[C@H]2CC[C@H]1C2. The molecule has 4 atom stereocenters. The van der Waals surface area contributed by atoms with Gasteiger partial charge < -0.3 is 5.32 Å². The van der Waals surface area contributed by atoms with Crippen LogP contribution in [0.4, 0.5) is 0 Å². The Morgan fingerprint density at radius 2 is 2.00 bits per heavy atom. The van der Waals surface area contributed by atoms with Crippen molar-refractivity contribution in [3.63, 3.8) is 0 Å². The number of hydrogen-bond donors (Lipinski definition) is 1. The van der Waals surface area contributed by atoms with Gasteiger partial charge in [-0.2, -0.15) is 5.10 Å². The number of nitrogens with zero attached hydrogens (tertiary/aromatic N) is 2. The highest BCUT2D eigenvalue weighted by Crippen LogP contribution is 2.49. The van der Waals surface area contributed by atoms with Crippen LogP contribution in [0.25, 0.3) is 10.8 Å². The summed E-state index contributed by atoms with van der Waals surface area (Å²) in [6.45, 7) is 2.10. The van der Waals surface area contributed by atoms with Gasteiger partial charge in [0.15, 0.2) is 5.69 Å². The number of amides is 1. The van der Waals surface area contributed by atoms with Crippen LogP contribution in [0.1, 0.15) is 43.1 Å². The van der Waals surface area contributed by atoms with E-state index in [0.29, 0.717) is 22.4 Å². The van der Waals surface area contributed by atoms with Crippen molar-refractivity contribution >= 4 is 16.7 Å². The van der Waals surface area contributed by atoms with Gasteiger partial charge in [0.05, 0.1) is 5.39 Å². The molecule has 5 heteroatoms. The fourth-order valence-corrected chi connectivity index (χ4v) is 4.76. The van der Waals surface area contributed by atoms with E-state index >= 15 is 0 Å². The summed E-state index contributed by atoms with van der Waals surface area (Å²) in [5, 5.41) is 8.52. The summed E-state index contributed by atoms with van der Waals surface area (Å²) in [7, 11) is 1.59. The van der Waals surface area contributed by atoms with Crippen molar-refractivity contribution in [1.29, 1.82) is 0 Å². The molecule has 0 spiro atoms. The van der Waals surface area contributed by atoms with Gasteiger partial charge in [-0.15, -0.1) is 0 Å². The van der Waals surface area contributed by atoms with E-state index in [1.54, 1.807) is 19.2 Å². The molecule has 0 radical (unpaired) electrons. The molecule has 2 bridgehead atoms. The fourth-order valence-electron chi connectivity index (χ4n) is 4.76. The van der Waals surface area contributed by atoms with Crippen LogP contribution >= 0.6 is 0 Å². The third-order valence-corrected chi connectivity index (χ3v) is 5.97. The molecule has 0 aliphatic heterocycles. The fraction of sp³-hybridized carbons (Fsp3) is 0.526. The molecule has 1 aromatic carbocycles. The smallest absolute Gasteiger partial charge is 0.274 e. The van der Waals surface area contributed by atoms with Gasteiger partial charge in [-0.3, -0.25) is 9.59 Å². The molecule has 2 aliphatic rings. The summed E-state index contributed by atoms with van der Waals surface area (Å²) >= 11 is 0. The Morgan fingerprint density at radius 3 is 2.67 bits per heavy atom. The molecule has 1 aromatic heterocycles. The summed E-state index contributed by atoms with van der Waals surface area (Å²) in [4.78, 5) is 25.0. The molecule has 24 heavy (non-hydrogen) atoms. The van der Waals surface area contributed by atoms with Crippen molar-refractivity contribution in [2.24, 2.45) is 24.8 Å². The molecule has 2 aliphatic carbocycles. The van der Waals surface area contributed by atoms with Gasteiger partial charge in [-0.1, -0.05) is 24.6 Å². The van der Waals surface area contributed by atoms with Crippen molar-refractivity contribution in [3.8, 4) is 0 Å². The summed E-state index contributed by atoms with van der Waals surface area (Å²) in [5.74, 6) is 2.01. The number of carbonyl (C=O) groups is 1. The predicted octanol–water partition coefficient (Wildman–Crippen LogP) is 2.49. The Morgan fingerprint density at radius 1 is 1.25 bits per heavy atom. The first-order chi connectivity index (χ1) is 11.5. The zero-order valence-electron chi connectivity index (χ0n) is 14.2. The molecule has 1 amide bonds. The monoisotopic (exact) mass is 325 g/mol. The normalized spacial score (nSPS) is 26.7. The molecule has 2 fully saturated rings. The number of nitrogens with one attached hydrogen (secondary N) is 1. The van der Waals surface area contributed by atoms with E-state index in [0.717, 1.165) is 11.8 Å². The van der Waals surface area contributed by atoms with E-state index in [1.165, 1.54) is 30.4 Å². The molecule has 126 valence electrons. The number of benzene rings is 1. The van der Waals surface area contributed by atoms with Gasteiger partial charge >= 0.3 is 0 Å². The molecule has 1 heterocycles. The van der Waals surface area contributed by atoms with Crippen molar-refractivity contribution in [2.45, 2.75) is 38.6 Å². The van der Waals surface area contributed by atoms with Crippen LogP contribution in [-0.4, -0.2) is 21.7 Å². The highest BCUT2D eigenvalue weighted by atomic mass is 16.2. The van der Waals surface area contributed by atoms with Crippen molar-refractivity contribution in [3.05, 3.63) is 40.3 Å². The number of aryl methyl sites for hydroxylation is 1. The minimum Gasteiger partial charge on any atom is -0.348 e. The molecule has 2 saturated carbocycles. The van der Waals surface area contributed by atoms with Crippen LogP contribution in [0.2, 0.25) is 0 Å². The second-order valence-corrected chi connectivity index (χ2v) is 7.42. The maximum Gasteiger partial charge on any atom is 0.274 e. The molecular weight excluding hydrogens is 302 g/mol. The summed E-state index contributed by atoms with van der Waals surface area (Å²) in [6, 6.07) is 7.32. The maximum absolute atomic E-state index is 12.8. The Bertz CT molecular complexity index is 857. The Hall–Kier alpha value is -2.17. The van der Waals surface area contributed by atoms with Crippen LogP contribution in [0.3, 0.4) is 0 Å². The Kier molecular flexibility index (Phi) is 3.66. The van der Waals surface area contributed by atoms with Crippen molar-refractivity contribution in [1.82, 2.24) is 15.1 Å². The number of fused-ring (bicyclic) bond motifs is 3. The second kappa shape index (κ2) is 5.72. The number of rotatable bonds is 3. The molecule has 1 N–H and O–H groups in total. The summed E-state index contributed by atoms with van der Waals surface area (Å²) in [5.41, 5.74) is 0.158. The van der Waals surface area contributed by atoms with E-state index in [2.05, 4.69) is 17.3 Å². The lowest BCUT2D eigenvalue weighted by Crippen LogP contribution is -2.41. The number of hydrogen-bond acceptors (Lipinski definition) is 3. The van der Waals surface area contributed by atoms with Gasteiger partial charge in [-0.25, -0.2) is 4.68 Å². The van der Waals surface area contributed by atoms with Crippen LogP contribution < -0.4 is 10.9 Å². The van der Waals surface area contributed by atoms with E-state index in [4.69, 9.17) is 0 Å². The Balaban J connectivity index is 1.62. The third kappa shape index (κ3) is 2.43. The number of carbonyl (C=O) groups excluding carboxylic acids is 1. The summed E-state index contributed by atoms with van der Waals surface area (Å²) in [6.07, 6.45) is 5.21. The minimum atomic E-state index is -0.183. The molecular formula is C19H23N3O2. The quantitative estimate of drug-likeness (QED) is 0.943. The zero-order valence-corrected chi connectivity index (χ0v) is 14.2. The highest BCUT2D eigenvalue weighted by molar-refractivity contribution is 6.04. The minimum absolute atomic E-state index is 0.144. The third-order valence-electron chi connectivity index (χ3n) is 5.97. The zero-order chi connectivity index (χ0) is 16.8. The topological polar surface area (TPSA) is 64.0 Å². The lowest BCUT2D eigenvalue weighted by molar-refractivity contribution is 0.0910. The molecule has 0 unspecified atom stereocenters. The van der Waals surface area contributed by atoms with Gasteiger partial charge in [0, 0.05) is 18.5 Å². The molecule has 0 saturated heterocycles. The van der Waals surface area contributed by atoms with Gasteiger partial charge in [0.25, 0.3) is 11.5 Å².